The highest BCUT2D eigenvalue weighted by atomic mass is 16.7. The van der Waals surface area contributed by atoms with Gasteiger partial charge in [0.1, 0.15) is 24.4 Å². The van der Waals surface area contributed by atoms with E-state index in [-0.39, 0.29) is 13.0 Å². The summed E-state index contributed by atoms with van der Waals surface area (Å²) in [6.45, 7) is 5.81. The fourth-order valence-corrected chi connectivity index (χ4v) is 10.4. The van der Waals surface area contributed by atoms with Crippen molar-refractivity contribution in [2.45, 2.75) is 365 Å². The second kappa shape index (κ2) is 53.8. The Labute approximate surface area is 467 Å². The molecule has 1 heterocycles. The first-order valence-electron chi connectivity index (χ1n) is 32.6. The second-order valence-electron chi connectivity index (χ2n) is 22.9. The SMILES string of the molecule is CCCCCC/C=C\CCCCCCCCCC(=O)OC1C(OCC(NC(=O)C(O)CCCCCCCCCCCCCCCCCCCCCC)C(O)/C=C/CCCCCCCCCCCC)OC(CO)C(O)C1O. The van der Waals surface area contributed by atoms with E-state index in [2.05, 4.69) is 38.2 Å². The number of rotatable bonds is 56. The van der Waals surface area contributed by atoms with Crippen LogP contribution in [0.1, 0.15) is 316 Å². The lowest BCUT2D eigenvalue weighted by Gasteiger charge is -2.41. The van der Waals surface area contributed by atoms with Gasteiger partial charge >= 0.3 is 5.97 Å². The molecular weight excluding hydrogens is 955 g/mol. The van der Waals surface area contributed by atoms with Gasteiger partial charge in [0.05, 0.1) is 25.4 Å². The Hall–Kier alpha value is -1.86. The fourth-order valence-electron chi connectivity index (χ4n) is 10.4. The number of allylic oxidation sites excluding steroid dienone is 3. The molecule has 1 saturated heterocycles. The van der Waals surface area contributed by atoms with Crippen molar-refractivity contribution in [2.24, 2.45) is 0 Å². The smallest absolute Gasteiger partial charge is 0.306 e. The minimum Gasteiger partial charge on any atom is -0.454 e. The van der Waals surface area contributed by atoms with Crippen LogP contribution in [-0.2, 0) is 23.8 Å². The molecule has 0 radical (unpaired) electrons. The predicted octanol–water partition coefficient (Wildman–Crippen LogP) is 15.7. The Balaban J connectivity index is 2.63. The number of hydrogen-bond donors (Lipinski definition) is 6. The average molecular weight is 1080 g/mol. The van der Waals surface area contributed by atoms with Crippen LogP contribution in [0.3, 0.4) is 0 Å². The van der Waals surface area contributed by atoms with Crippen LogP contribution in [0.2, 0.25) is 0 Å². The summed E-state index contributed by atoms with van der Waals surface area (Å²) in [5.74, 6) is -1.18. The highest BCUT2D eigenvalue weighted by Crippen LogP contribution is 2.26. The van der Waals surface area contributed by atoms with Crippen molar-refractivity contribution in [3.63, 3.8) is 0 Å². The van der Waals surface area contributed by atoms with E-state index in [0.717, 1.165) is 70.6 Å². The molecule has 8 atom stereocenters. The van der Waals surface area contributed by atoms with Crippen LogP contribution >= 0.6 is 0 Å². The van der Waals surface area contributed by atoms with Crippen LogP contribution in [0.5, 0.6) is 0 Å². The second-order valence-corrected chi connectivity index (χ2v) is 22.9. The Morgan fingerprint density at radius 1 is 0.500 bits per heavy atom. The van der Waals surface area contributed by atoms with E-state index >= 15 is 0 Å². The molecule has 0 aromatic rings. The number of carbonyl (C=O) groups excluding carboxylic acids is 2. The van der Waals surface area contributed by atoms with E-state index in [1.165, 1.54) is 199 Å². The van der Waals surface area contributed by atoms with Gasteiger partial charge in [0.15, 0.2) is 12.4 Å². The normalized spacial score (nSPS) is 19.2. The van der Waals surface area contributed by atoms with Crippen molar-refractivity contribution in [2.75, 3.05) is 13.2 Å². The summed E-state index contributed by atoms with van der Waals surface area (Å²) in [7, 11) is 0. The molecule has 0 aliphatic carbocycles. The number of nitrogens with one attached hydrogen (secondary N) is 1. The number of esters is 1. The molecule has 8 unspecified atom stereocenters. The van der Waals surface area contributed by atoms with Crippen LogP contribution < -0.4 is 5.32 Å². The van der Waals surface area contributed by atoms with Crippen molar-refractivity contribution in [3.8, 4) is 0 Å². The number of aliphatic hydroxyl groups excluding tert-OH is 5. The van der Waals surface area contributed by atoms with Gasteiger partial charge in [-0.25, -0.2) is 0 Å². The Bertz CT molecular complexity index is 1330. The third-order valence-corrected chi connectivity index (χ3v) is 15.6. The van der Waals surface area contributed by atoms with E-state index < -0.39 is 67.4 Å². The molecule has 0 saturated carbocycles. The standard InChI is InChI=1S/C65H123NO10/c1-4-7-10-13-16-19-22-25-27-28-29-30-31-33-34-37-40-43-46-49-52-58(69)64(73)66-56(57(68)51-48-45-42-39-36-24-21-18-15-12-9-6-3)55-74-65-63(62(72)61(71)59(54-67)75-65)76-60(70)53-50-47-44-41-38-35-32-26-23-20-17-14-11-8-5-2/h20,23,48,51,56-59,61-63,65,67-69,71-72H,4-19,21-22,24-47,49-50,52-55H2,1-3H3,(H,66,73)/b23-20-,51-48+. The third kappa shape index (κ3) is 41.2. The number of aliphatic hydroxyl groups is 5. The van der Waals surface area contributed by atoms with E-state index in [1.807, 2.05) is 6.08 Å². The van der Waals surface area contributed by atoms with Gasteiger partial charge in [-0.3, -0.25) is 9.59 Å². The van der Waals surface area contributed by atoms with Gasteiger partial charge in [0.2, 0.25) is 5.91 Å². The summed E-state index contributed by atoms with van der Waals surface area (Å²) >= 11 is 0. The molecule has 1 rings (SSSR count). The van der Waals surface area contributed by atoms with E-state index in [9.17, 15) is 35.1 Å². The topological polar surface area (TPSA) is 175 Å². The largest absolute Gasteiger partial charge is 0.454 e. The number of unbranched alkanes of at least 4 members (excludes halogenated alkanes) is 40. The molecule has 1 aliphatic rings. The Morgan fingerprint density at radius 3 is 1.29 bits per heavy atom. The molecule has 1 fully saturated rings. The zero-order chi connectivity index (χ0) is 55.4. The minimum absolute atomic E-state index is 0.122. The summed E-state index contributed by atoms with van der Waals surface area (Å²) in [6.07, 6.45) is 52.2. The summed E-state index contributed by atoms with van der Waals surface area (Å²) in [5.41, 5.74) is 0. The van der Waals surface area contributed by atoms with Gasteiger partial charge in [-0.2, -0.15) is 0 Å². The molecule has 1 amide bonds. The summed E-state index contributed by atoms with van der Waals surface area (Å²) < 4.78 is 17.6. The third-order valence-electron chi connectivity index (χ3n) is 15.6. The highest BCUT2D eigenvalue weighted by Gasteiger charge is 2.47. The molecule has 6 N–H and O–H groups in total. The lowest BCUT2D eigenvalue weighted by atomic mass is 9.99. The van der Waals surface area contributed by atoms with Gasteiger partial charge in [-0.15, -0.1) is 0 Å². The number of amides is 1. The average Bonchev–Trinajstić information content (AvgIpc) is 3.42. The molecule has 448 valence electrons. The fraction of sp³-hybridized carbons (Fsp3) is 0.908. The van der Waals surface area contributed by atoms with Crippen molar-refractivity contribution >= 4 is 11.9 Å². The minimum atomic E-state index is -1.61. The quantitative estimate of drug-likeness (QED) is 0.0195. The maximum absolute atomic E-state index is 13.4. The first kappa shape index (κ1) is 72.2. The maximum atomic E-state index is 13.4. The monoisotopic (exact) mass is 1080 g/mol. The van der Waals surface area contributed by atoms with Gasteiger partial charge in [-0.1, -0.05) is 283 Å². The van der Waals surface area contributed by atoms with Crippen LogP contribution in [0.4, 0.5) is 0 Å². The van der Waals surface area contributed by atoms with Crippen LogP contribution in [0.15, 0.2) is 24.3 Å². The zero-order valence-electron chi connectivity index (χ0n) is 49.6. The summed E-state index contributed by atoms with van der Waals surface area (Å²) in [6, 6.07) is -1.02. The Kier molecular flexibility index (Phi) is 51.0. The lowest BCUT2D eigenvalue weighted by molar-refractivity contribution is -0.305. The van der Waals surface area contributed by atoms with Gasteiger partial charge < -0.3 is 45.1 Å². The first-order valence-corrected chi connectivity index (χ1v) is 32.6. The van der Waals surface area contributed by atoms with E-state index in [1.54, 1.807) is 6.08 Å². The molecule has 76 heavy (non-hydrogen) atoms. The predicted molar refractivity (Wildman–Crippen MR) is 315 cm³/mol. The Morgan fingerprint density at radius 2 is 0.868 bits per heavy atom. The number of ether oxygens (including phenoxy) is 3. The van der Waals surface area contributed by atoms with Crippen LogP contribution in [-0.4, -0.2) is 99.6 Å². The molecule has 1 aliphatic heterocycles. The first-order chi connectivity index (χ1) is 37.2. The number of carbonyl (C=O) groups is 2. The van der Waals surface area contributed by atoms with Gasteiger partial charge in [0.25, 0.3) is 0 Å². The van der Waals surface area contributed by atoms with Crippen LogP contribution in [0, 0.1) is 0 Å². The van der Waals surface area contributed by atoms with Crippen LogP contribution in [0.25, 0.3) is 0 Å². The zero-order valence-corrected chi connectivity index (χ0v) is 49.6. The molecule has 11 nitrogen and oxygen atoms in total. The van der Waals surface area contributed by atoms with E-state index in [0.29, 0.717) is 19.3 Å². The van der Waals surface area contributed by atoms with E-state index in [4.69, 9.17) is 14.2 Å². The summed E-state index contributed by atoms with van der Waals surface area (Å²) in [5, 5.41) is 57.0. The summed E-state index contributed by atoms with van der Waals surface area (Å²) in [4.78, 5) is 26.6. The maximum Gasteiger partial charge on any atom is 0.306 e. The van der Waals surface area contributed by atoms with Crippen molar-refractivity contribution in [3.05, 3.63) is 24.3 Å². The molecule has 0 aromatic carbocycles. The number of hydrogen-bond acceptors (Lipinski definition) is 10. The molecule has 0 bridgehead atoms. The van der Waals surface area contributed by atoms with Crippen molar-refractivity contribution in [1.29, 1.82) is 0 Å². The molecular formula is C65H123NO10. The van der Waals surface area contributed by atoms with Gasteiger partial charge in [-0.05, 0) is 51.4 Å². The molecule has 0 spiro atoms. The highest BCUT2D eigenvalue weighted by molar-refractivity contribution is 5.80. The van der Waals surface area contributed by atoms with Crippen molar-refractivity contribution < 1.29 is 49.3 Å². The molecule has 0 aromatic heterocycles. The molecule has 11 heteroatoms. The van der Waals surface area contributed by atoms with Gasteiger partial charge in [0, 0.05) is 6.42 Å². The lowest BCUT2D eigenvalue weighted by Crippen LogP contribution is -2.61. The van der Waals surface area contributed by atoms with Crippen molar-refractivity contribution in [1.82, 2.24) is 5.32 Å².